The van der Waals surface area contributed by atoms with Crippen molar-refractivity contribution in [3.63, 3.8) is 0 Å². The van der Waals surface area contributed by atoms with Crippen LogP contribution >= 0.6 is 0 Å². The summed E-state index contributed by atoms with van der Waals surface area (Å²) in [6, 6.07) is 6.97. The zero-order valence-corrected chi connectivity index (χ0v) is 15.4. The summed E-state index contributed by atoms with van der Waals surface area (Å²) >= 11 is 0. The fourth-order valence-corrected chi connectivity index (χ4v) is 2.94. The van der Waals surface area contributed by atoms with Crippen molar-refractivity contribution in [2.45, 2.75) is 52.5 Å². The van der Waals surface area contributed by atoms with E-state index in [0.717, 1.165) is 19.3 Å². The summed E-state index contributed by atoms with van der Waals surface area (Å²) in [7, 11) is 0. The van der Waals surface area contributed by atoms with Crippen LogP contribution in [0.5, 0.6) is 5.75 Å². The van der Waals surface area contributed by atoms with E-state index < -0.39 is 5.97 Å². The van der Waals surface area contributed by atoms with E-state index in [1.165, 1.54) is 6.42 Å². The van der Waals surface area contributed by atoms with E-state index in [0.29, 0.717) is 29.8 Å². The van der Waals surface area contributed by atoms with Crippen LogP contribution in [0.3, 0.4) is 0 Å². The van der Waals surface area contributed by atoms with Gasteiger partial charge >= 0.3 is 5.97 Å². The number of benzene rings is 1. The lowest BCUT2D eigenvalue weighted by molar-refractivity contribution is -0.125. The van der Waals surface area contributed by atoms with Gasteiger partial charge in [-0.05, 0) is 48.9 Å². The lowest BCUT2D eigenvalue weighted by Crippen LogP contribution is -2.42. The van der Waals surface area contributed by atoms with Crippen molar-refractivity contribution < 1.29 is 19.1 Å². The van der Waals surface area contributed by atoms with Gasteiger partial charge in [0.15, 0.2) is 6.61 Å². The number of esters is 1. The van der Waals surface area contributed by atoms with Gasteiger partial charge in [-0.25, -0.2) is 4.79 Å². The molecule has 2 atom stereocenters. The Bertz CT molecular complexity index is 568. The maximum Gasteiger partial charge on any atom is 0.338 e. The van der Waals surface area contributed by atoms with Crippen molar-refractivity contribution in [1.82, 2.24) is 5.32 Å². The van der Waals surface area contributed by atoms with Gasteiger partial charge in [0.25, 0.3) is 5.91 Å². The Labute approximate surface area is 150 Å². The summed E-state index contributed by atoms with van der Waals surface area (Å²) in [5.74, 6) is 0.905. The van der Waals surface area contributed by atoms with Gasteiger partial charge in [0.05, 0.1) is 12.2 Å². The SMILES string of the molecule is CC(C)COc1ccc(C(=O)OCC(=O)N[C@H]2CCCC[C@@H]2C)cc1. The Balaban J connectivity index is 1.76. The van der Waals surface area contributed by atoms with Crippen LogP contribution in [-0.4, -0.2) is 31.1 Å². The second-order valence-electron chi connectivity index (χ2n) is 7.24. The highest BCUT2D eigenvalue weighted by atomic mass is 16.5. The van der Waals surface area contributed by atoms with Crippen molar-refractivity contribution in [1.29, 1.82) is 0 Å². The zero-order chi connectivity index (χ0) is 18.2. The third-order valence-corrected chi connectivity index (χ3v) is 4.47. The van der Waals surface area contributed by atoms with Crippen LogP contribution in [0.25, 0.3) is 0 Å². The molecule has 0 heterocycles. The predicted molar refractivity (Wildman–Crippen MR) is 96.6 cm³/mol. The van der Waals surface area contributed by atoms with Crippen LogP contribution in [0.2, 0.25) is 0 Å². The minimum Gasteiger partial charge on any atom is -0.493 e. The molecular weight excluding hydrogens is 318 g/mol. The fourth-order valence-electron chi connectivity index (χ4n) is 2.94. The second-order valence-corrected chi connectivity index (χ2v) is 7.24. The lowest BCUT2D eigenvalue weighted by Gasteiger charge is -2.29. The number of amides is 1. The number of rotatable bonds is 7. The molecule has 1 aliphatic rings. The Morgan fingerprint density at radius 1 is 1.16 bits per heavy atom. The Kier molecular flexibility index (Phi) is 7.29. The first-order chi connectivity index (χ1) is 12.0. The summed E-state index contributed by atoms with van der Waals surface area (Å²) in [5.41, 5.74) is 0.413. The minimum atomic E-state index is -0.498. The van der Waals surface area contributed by atoms with Gasteiger partial charge in [-0.15, -0.1) is 0 Å². The summed E-state index contributed by atoms with van der Waals surface area (Å²) < 4.78 is 10.7. The molecule has 1 aromatic carbocycles. The first-order valence-corrected chi connectivity index (χ1v) is 9.15. The highest BCUT2D eigenvalue weighted by molar-refractivity contribution is 5.91. The van der Waals surface area contributed by atoms with Crippen molar-refractivity contribution in [3.8, 4) is 5.75 Å². The molecule has 0 unspecified atom stereocenters. The molecule has 0 bridgehead atoms. The molecular formula is C20H29NO4. The van der Waals surface area contributed by atoms with Crippen LogP contribution < -0.4 is 10.1 Å². The molecule has 1 aromatic rings. The van der Waals surface area contributed by atoms with E-state index in [-0.39, 0.29) is 18.6 Å². The molecule has 2 rings (SSSR count). The molecule has 0 radical (unpaired) electrons. The zero-order valence-electron chi connectivity index (χ0n) is 15.4. The second kappa shape index (κ2) is 9.44. The molecule has 0 aromatic heterocycles. The van der Waals surface area contributed by atoms with Gasteiger partial charge < -0.3 is 14.8 Å². The molecule has 5 nitrogen and oxygen atoms in total. The number of carbonyl (C=O) groups is 2. The summed E-state index contributed by atoms with van der Waals surface area (Å²) in [4.78, 5) is 24.0. The topological polar surface area (TPSA) is 64.6 Å². The molecule has 138 valence electrons. The average molecular weight is 347 g/mol. The Hall–Kier alpha value is -2.04. The smallest absolute Gasteiger partial charge is 0.338 e. The van der Waals surface area contributed by atoms with Gasteiger partial charge in [-0.1, -0.05) is 33.6 Å². The highest BCUT2D eigenvalue weighted by Crippen LogP contribution is 2.23. The monoisotopic (exact) mass is 347 g/mol. The number of nitrogens with one attached hydrogen (secondary N) is 1. The molecule has 1 saturated carbocycles. The quantitative estimate of drug-likeness (QED) is 0.766. The minimum absolute atomic E-state index is 0.192. The predicted octanol–water partition coefficient (Wildman–Crippen LogP) is 3.57. The van der Waals surface area contributed by atoms with Gasteiger partial charge in [0, 0.05) is 6.04 Å². The molecule has 0 saturated heterocycles. The van der Waals surface area contributed by atoms with Crippen molar-refractivity contribution >= 4 is 11.9 Å². The van der Waals surface area contributed by atoms with Crippen molar-refractivity contribution in [2.75, 3.05) is 13.2 Å². The number of hydrogen-bond acceptors (Lipinski definition) is 4. The van der Waals surface area contributed by atoms with Gasteiger partial charge in [0.2, 0.25) is 0 Å². The Morgan fingerprint density at radius 2 is 1.84 bits per heavy atom. The lowest BCUT2D eigenvalue weighted by atomic mass is 9.86. The van der Waals surface area contributed by atoms with E-state index >= 15 is 0 Å². The summed E-state index contributed by atoms with van der Waals surface area (Å²) in [5, 5.41) is 2.98. The van der Waals surface area contributed by atoms with Crippen LogP contribution in [0.1, 0.15) is 56.8 Å². The summed E-state index contributed by atoms with van der Waals surface area (Å²) in [6.45, 7) is 6.69. The third-order valence-electron chi connectivity index (χ3n) is 4.47. The molecule has 5 heteroatoms. The largest absolute Gasteiger partial charge is 0.493 e. The normalized spacial score (nSPS) is 20.2. The number of carbonyl (C=O) groups excluding carboxylic acids is 2. The van der Waals surface area contributed by atoms with E-state index in [9.17, 15) is 9.59 Å². The standard InChI is InChI=1S/C20H29NO4/c1-14(2)12-24-17-10-8-16(9-11-17)20(23)25-13-19(22)21-18-7-5-4-6-15(18)3/h8-11,14-15,18H,4-7,12-13H2,1-3H3,(H,21,22)/t15-,18-/m0/s1. The fraction of sp³-hybridized carbons (Fsp3) is 0.600. The van der Waals surface area contributed by atoms with Crippen LogP contribution in [0.15, 0.2) is 24.3 Å². The van der Waals surface area contributed by atoms with Crippen molar-refractivity contribution in [3.05, 3.63) is 29.8 Å². The van der Waals surface area contributed by atoms with Crippen LogP contribution in [0.4, 0.5) is 0 Å². The van der Waals surface area contributed by atoms with Crippen LogP contribution in [0, 0.1) is 11.8 Å². The molecule has 1 aliphatic carbocycles. The van der Waals surface area contributed by atoms with E-state index in [1.807, 2.05) is 0 Å². The average Bonchev–Trinajstić information content (AvgIpc) is 2.60. The van der Waals surface area contributed by atoms with Gasteiger partial charge in [-0.3, -0.25) is 4.79 Å². The Morgan fingerprint density at radius 3 is 2.48 bits per heavy atom. The number of hydrogen-bond donors (Lipinski definition) is 1. The molecule has 1 fully saturated rings. The van der Waals surface area contributed by atoms with Crippen LogP contribution in [-0.2, 0) is 9.53 Å². The van der Waals surface area contributed by atoms with Gasteiger partial charge in [0.1, 0.15) is 5.75 Å². The highest BCUT2D eigenvalue weighted by Gasteiger charge is 2.23. The molecule has 1 N–H and O–H groups in total. The van der Waals surface area contributed by atoms with E-state index in [1.54, 1.807) is 24.3 Å². The maximum absolute atomic E-state index is 12.0. The number of ether oxygens (including phenoxy) is 2. The maximum atomic E-state index is 12.0. The third kappa shape index (κ3) is 6.40. The molecule has 25 heavy (non-hydrogen) atoms. The van der Waals surface area contributed by atoms with Crippen molar-refractivity contribution in [2.24, 2.45) is 11.8 Å². The first-order valence-electron chi connectivity index (χ1n) is 9.15. The molecule has 0 spiro atoms. The summed E-state index contributed by atoms with van der Waals surface area (Å²) in [6.07, 6.45) is 4.49. The van der Waals surface area contributed by atoms with Gasteiger partial charge in [-0.2, -0.15) is 0 Å². The van der Waals surface area contributed by atoms with E-state index in [2.05, 4.69) is 26.1 Å². The molecule has 1 amide bonds. The first kappa shape index (κ1) is 19.3. The van der Waals surface area contributed by atoms with E-state index in [4.69, 9.17) is 9.47 Å². The molecule has 0 aliphatic heterocycles.